The summed E-state index contributed by atoms with van der Waals surface area (Å²) in [4.78, 5) is 24.7. The van der Waals surface area contributed by atoms with Gasteiger partial charge in [-0.25, -0.2) is 9.59 Å². The fourth-order valence-electron chi connectivity index (χ4n) is 2.75. The zero-order valence-corrected chi connectivity index (χ0v) is 14.4. The first kappa shape index (κ1) is 17.5. The van der Waals surface area contributed by atoms with Gasteiger partial charge in [-0.05, 0) is 24.6 Å². The smallest absolute Gasteiger partial charge is 0.338 e. The van der Waals surface area contributed by atoms with Gasteiger partial charge in [0, 0.05) is 0 Å². The molecule has 0 bridgehead atoms. The van der Waals surface area contributed by atoms with Gasteiger partial charge in [0.25, 0.3) is 0 Å². The number of benzene rings is 2. The summed E-state index contributed by atoms with van der Waals surface area (Å²) in [6, 6.07) is 17.5. The van der Waals surface area contributed by atoms with Crippen LogP contribution in [0, 0.1) is 0 Å². The van der Waals surface area contributed by atoms with Crippen molar-refractivity contribution in [1.82, 2.24) is 10.6 Å². The summed E-state index contributed by atoms with van der Waals surface area (Å²) < 4.78 is 10.9. The summed E-state index contributed by atoms with van der Waals surface area (Å²) in [5, 5.41) is 5.47. The van der Waals surface area contributed by atoms with Crippen molar-refractivity contribution in [2.75, 3.05) is 13.2 Å². The lowest BCUT2D eigenvalue weighted by Gasteiger charge is -2.29. The molecule has 1 atom stereocenters. The minimum absolute atomic E-state index is 0.0505. The third-order valence-corrected chi connectivity index (χ3v) is 3.91. The number of ether oxygens (including phenoxy) is 2. The first-order chi connectivity index (χ1) is 12.7. The Balaban J connectivity index is 1.95. The van der Waals surface area contributed by atoms with Gasteiger partial charge in [0.1, 0.15) is 12.4 Å². The molecule has 0 saturated carbocycles. The Labute approximate surface area is 151 Å². The van der Waals surface area contributed by atoms with Crippen molar-refractivity contribution in [2.45, 2.75) is 13.0 Å². The van der Waals surface area contributed by atoms with E-state index in [4.69, 9.17) is 9.47 Å². The Morgan fingerprint density at radius 2 is 1.69 bits per heavy atom. The van der Waals surface area contributed by atoms with Gasteiger partial charge in [-0.3, -0.25) is 0 Å². The van der Waals surface area contributed by atoms with E-state index >= 15 is 0 Å². The number of carbonyl (C=O) groups is 2. The number of nitrogens with one attached hydrogen (secondary N) is 2. The molecule has 0 spiro atoms. The zero-order valence-electron chi connectivity index (χ0n) is 14.4. The molecule has 2 amide bonds. The second kappa shape index (κ2) is 8.20. The molecule has 3 rings (SSSR count). The monoisotopic (exact) mass is 352 g/mol. The number of para-hydroxylation sites is 1. The van der Waals surface area contributed by atoms with Gasteiger partial charge in [-0.2, -0.15) is 0 Å². The summed E-state index contributed by atoms with van der Waals surface area (Å²) in [7, 11) is 0. The van der Waals surface area contributed by atoms with Gasteiger partial charge in [0.15, 0.2) is 0 Å². The molecule has 134 valence electrons. The van der Waals surface area contributed by atoms with E-state index in [9.17, 15) is 9.59 Å². The minimum Gasteiger partial charge on any atom is -0.487 e. The van der Waals surface area contributed by atoms with Crippen molar-refractivity contribution >= 4 is 12.0 Å². The van der Waals surface area contributed by atoms with Crippen LogP contribution < -0.4 is 15.4 Å². The van der Waals surface area contributed by atoms with Gasteiger partial charge in [-0.1, -0.05) is 48.5 Å². The Morgan fingerprint density at radius 1 is 1.04 bits per heavy atom. The Hall–Kier alpha value is -3.28. The average Bonchev–Trinajstić information content (AvgIpc) is 2.67. The summed E-state index contributed by atoms with van der Waals surface area (Å²) >= 11 is 0. The first-order valence-electron chi connectivity index (χ1n) is 8.39. The molecule has 6 nitrogen and oxygen atoms in total. The van der Waals surface area contributed by atoms with Crippen LogP contribution in [0.5, 0.6) is 5.75 Å². The number of hydrogen-bond donors (Lipinski definition) is 2. The van der Waals surface area contributed by atoms with Crippen LogP contribution in [0.4, 0.5) is 4.79 Å². The molecular weight excluding hydrogens is 332 g/mol. The quantitative estimate of drug-likeness (QED) is 0.784. The highest BCUT2D eigenvalue weighted by Crippen LogP contribution is 2.28. The highest BCUT2D eigenvalue weighted by Gasteiger charge is 2.33. The van der Waals surface area contributed by atoms with Crippen LogP contribution in [0.25, 0.3) is 0 Å². The molecule has 2 aromatic carbocycles. The maximum Gasteiger partial charge on any atom is 0.338 e. The number of esters is 1. The molecule has 1 aliphatic rings. The van der Waals surface area contributed by atoms with E-state index in [2.05, 4.69) is 10.6 Å². The van der Waals surface area contributed by atoms with Crippen molar-refractivity contribution in [2.24, 2.45) is 0 Å². The zero-order chi connectivity index (χ0) is 18.4. The van der Waals surface area contributed by atoms with Crippen LogP contribution >= 0.6 is 0 Å². The van der Waals surface area contributed by atoms with Crippen LogP contribution in [-0.4, -0.2) is 25.2 Å². The molecule has 0 aliphatic carbocycles. The van der Waals surface area contributed by atoms with Crippen LogP contribution in [0.3, 0.4) is 0 Å². The molecule has 6 heteroatoms. The van der Waals surface area contributed by atoms with Crippen molar-refractivity contribution < 1.29 is 19.1 Å². The number of rotatable bonds is 6. The van der Waals surface area contributed by atoms with Gasteiger partial charge >= 0.3 is 12.0 Å². The summed E-state index contributed by atoms with van der Waals surface area (Å²) in [6.45, 7) is 2.03. The maximum absolute atomic E-state index is 12.6. The first-order valence-corrected chi connectivity index (χ1v) is 8.39. The molecule has 2 aromatic rings. The van der Waals surface area contributed by atoms with E-state index in [0.29, 0.717) is 17.0 Å². The van der Waals surface area contributed by atoms with E-state index in [-0.39, 0.29) is 13.2 Å². The lowest BCUT2D eigenvalue weighted by Crippen LogP contribution is -2.47. The number of urea groups is 1. The molecular formula is C20H20N2O4. The predicted molar refractivity (Wildman–Crippen MR) is 96.4 cm³/mol. The molecule has 0 radical (unpaired) electrons. The van der Waals surface area contributed by atoms with Crippen LogP contribution in [0.15, 0.2) is 71.9 Å². The summed E-state index contributed by atoms with van der Waals surface area (Å²) in [5.74, 6) is 0.160. The summed E-state index contributed by atoms with van der Waals surface area (Å²) in [5.41, 5.74) is 1.53. The van der Waals surface area contributed by atoms with Crippen LogP contribution in [0.1, 0.15) is 18.5 Å². The maximum atomic E-state index is 12.6. The van der Waals surface area contributed by atoms with E-state index in [1.54, 1.807) is 6.92 Å². The average molecular weight is 352 g/mol. The lowest BCUT2D eigenvalue weighted by molar-refractivity contribution is -0.139. The molecule has 2 N–H and O–H groups in total. The molecule has 1 unspecified atom stereocenters. The number of carbonyl (C=O) groups excluding carboxylic acids is 2. The second-order valence-corrected chi connectivity index (χ2v) is 5.66. The molecule has 26 heavy (non-hydrogen) atoms. The van der Waals surface area contributed by atoms with Gasteiger partial charge in [0.2, 0.25) is 0 Å². The molecule has 0 saturated heterocycles. The Morgan fingerprint density at radius 3 is 2.35 bits per heavy atom. The van der Waals surface area contributed by atoms with Gasteiger partial charge < -0.3 is 20.1 Å². The second-order valence-electron chi connectivity index (χ2n) is 5.66. The Bertz CT molecular complexity index is 803. The molecule has 1 heterocycles. The fourth-order valence-corrected chi connectivity index (χ4v) is 2.75. The molecule has 1 aliphatic heterocycles. The van der Waals surface area contributed by atoms with E-state index in [1.807, 2.05) is 60.7 Å². The topological polar surface area (TPSA) is 76.7 Å². The van der Waals surface area contributed by atoms with Crippen molar-refractivity contribution in [1.29, 1.82) is 0 Å². The Kier molecular flexibility index (Phi) is 5.53. The SMILES string of the molecule is CCOC(=O)C1=C(COc2ccccc2)NC(=O)NC1c1ccccc1. The number of hydrogen-bond acceptors (Lipinski definition) is 4. The summed E-state index contributed by atoms with van der Waals surface area (Å²) in [6.07, 6.45) is 0. The highest BCUT2D eigenvalue weighted by atomic mass is 16.5. The molecule has 0 aromatic heterocycles. The fraction of sp³-hybridized carbons (Fsp3) is 0.200. The van der Waals surface area contributed by atoms with E-state index in [1.165, 1.54) is 0 Å². The van der Waals surface area contributed by atoms with Gasteiger partial charge in [0.05, 0.1) is 23.9 Å². The highest BCUT2D eigenvalue weighted by molar-refractivity contribution is 5.95. The van der Waals surface area contributed by atoms with Crippen LogP contribution in [-0.2, 0) is 9.53 Å². The van der Waals surface area contributed by atoms with Gasteiger partial charge in [-0.15, -0.1) is 0 Å². The van der Waals surface area contributed by atoms with Crippen molar-refractivity contribution in [3.8, 4) is 5.75 Å². The van der Waals surface area contributed by atoms with Crippen LogP contribution in [0.2, 0.25) is 0 Å². The lowest BCUT2D eigenvalue weighted by atomic mass is 9.95. The largest absolute Gasteiger partial charge is 0.487 e. The normalized spacial score (nSPS) is 16.5. The van der Waals surface area contributed by atoms with Crippen molar-refractivity contribution in [3.63, 3.8) is 0 Å². The molecule has 0 fully saturated rings. The van der Waals surface area contributed by atoms with E-state index in [0.717, 1.165) is 5.56 Å². The predicted octanol–water partition coefficient (Wildman–Crippen LogP) is 2.94. The third kappa shape index (κ3) is 4.03. The standard InChI is InChI=1S/C20H20N2O4/c1-2-25-19(23)17-16(13-26-15-11-7-4-8-12-15)21-20(24)22-18(17)14-9-5-3-6-10-14/h3-12,18H,2,13H2,1H3,(H2,21,22,24). The minimum atomic E-state index is -0.599. The third-order valence-electron chi connectivity index (χ3n) is 3.91. The number of amides is 2. The van der Waals surface area contributed by atoms with E-state index < -0.39 is 18.0 Å². The van der Waals surface area contributed by atoms with Crippen molar-refractivity contribution in [3.05, 3.63) is 77.5 Å².